The molecule has 1 aliphatic rings. The van der Waals surface area contributed by atoms with E-state index in [9.17, 15) is 9.59 Å². The summed E-state index contributed by atoms with van der Waals surface area (Å²) in [4.78, 5) is 26.9. The summed E-state index contributed by atoms with van der Waals surface area (Å²) in [5.41, 5.74) is 0. The number of nitrogens with zero attached hydrogens (tertiary/aromatic N) is 2. The summed E-state index contributed by atoms with van der Waals surface area (Å²) in [5.74, 6) is -0.403. The highest BCUT2D eigenvalue weighted by Gasteiger charge is 2.24. The molecule has 0 saturated carbocycles. The van der Waals surface area contributed by atoms with Gasteiger partial charge in [-0.05, 0) is 33.4 Å². The highest BCUT2D eigenvalue weighted by atomic mass is 16.5. The molecule has 0 radical (unpaired) electrons. The molecule has 1 fully saturated rings. The second-order valence-corrected chi connectivity index (χ2v) is 4.63. The molecule has 0 aromatic rings. The van der Waals surface area contributed by atoms with E-state index in [4.69, 9.17) is 4.74 Å². The van der Waals surface area contributed by atoms with Gasteiger partial charge in [-0.1, -0.05) is 0 Å². The normalized spacial score (nSPS) is 20.3. The Kier molecular flexibility index (Phi) is 5.91. The van der Waals surface area contributed by atoms with Crippen molar-refractivity contribution in [2.75, 3.05) is 40.3 Å². The first-order valence-electron chi connectivity index (χ1n) is 6.39. The second-order valence-electron chi connectivity index (χ2n) is 4.63. The Morgan fingerprint density at radius 2 is 2.22 bits per heavy atom. The van der Waals surface area contributed by atoms with E-state index in [1.165, 1.54) is 0 Å². The highest BCUT2D eigenvalue weighted by Crippen LogP contribution is 2.13. The first kappa shape index (κ1) is 14.8. The molecule has 1 unspecified atom stereocenters. The molecule has 1 aliphatic heterocycles. The Hall–Kier alpha value is -1.30. The van der Waals surface area contributed by atoms with Gasteiger partial charge >= 0.3 is 12.0 Å². The molecular weight excluding hydrogens is 234 g/mol. The van der Waals surface area contributed by atoms with Gasteiger partial charge in [0.05, 0.1) is 6.61 Å². The molecule has 1 heterocycles. The molecule has 6 heteroatoms. The van der Waals surface area contributed by atoms with Crippen LogP contribution < -0.4 is 5.32 Å². The molecule has 0 aliphatic carbocycles. The van der Waals surface area contributed by atoms with Gasteiger partial charge in [-0.25, -0.2) is 4.79 Å². The molecule has 2 amide bonds. The minimum Gasteiger partial charge on any atom is -0.465 e. The predicted molar refractivity (Wildman–Crippen MR) is 68.3 cm³/mol. The predicted octanol–water partition coefficient (Wildman–Crippen LogP) is 0.285. The number of carbonyl (C=O) groups is 2. The average molecular weight is 257 g/mol. The van der Waals surface area contributed by atoms with Gasteiger partial charge in [-0.15, -0.1) is 0 Å². The van der Waals surface area contributed by atoms with Crippen LogP contribution in [-0.4, -0.2) is 68.2 Å². The molecule has 1 saturated heterocycles. The number of likely N-dealkylation sites (tertiary alicyclic amines) is 1. The van der Waals surface area contributed by atoms with Gasteiger partial charge in [0.1, 0.15) is 6.54 Å². The maximum atomic E-state index is 11.8. The molecule has 1 rings (SSSR count). The van der Waals surface area contributed by atoms with Crippen LogP contribution in [-0.2, 0) is 9.53 Å². The van der Waals surface area contributed by atoms with Gasteiger partial charge in [0, 0.05) is 19.6 Å². The van der Waals surface area contributed by atoms with Gasteiger partial charge in [0.2, 0.25) is 0 Å². The fraction of sp³-hybridized carbons (Fsp3) is 0.833. The Morgan fingerprint density at radius 3 is 2.83 bits per heavy atom. The van der Waals surface area contributed by atoms with Gasteiger partial charge in [0.15, 0.2) is 0 Å². The number of piperidine rings is 1. The summed E-state index contributed by atoms with van der Waals surface area (Å²) in [6.07, 6.45) is 2.10. The van der Waals surface area contributed by atoms with E-state index in [2.05, 4.69) is 17.3 Å². The molecule has 18 heavy (non-hydrogen) atoms. The lowest BCUT2D eigenvalue weighted by Gasteiger charge is -2.35. The van der Waals surface area contributed by atoms with Crippen LogP contribution in [0, 0.1) is 0 Å². The third kappa shape index (κ3) is 4.52. The van der Waals surface area contributed by atoms with Gasteiger partial charge in [0.25, 0.3) is 0 Å². The summed E-state index contributed by atoms with van der Waals surface area (Å²) >= 11 is 0. The quantitative estimate of drug-likeness (QED) is 0.735. The van der Waals surface area contributed by atoms with E-state index in [1.807, 2.05) is 0 Å². The van der Waals surface area contributed by atoms with Crippen molar-refractivity contribution >= 4 is 12.0 Å². The fourth-order valence-corrected chi connectivity index (χ4v) is 2.11. The lowest BCUT2D eigenvalue weighted by Crippen LogP contribution is -2.51. The lowest BCUT2D eigenvalue weighted by atomic mass is 10.1. The largest absolute Gasteiger partial charge is 0.465 e. The highest BCUT2D eigenvalue weighted by molar-refractivity contribution is 5.80. The van der Waals surface area contributed by atoms with Crippen LogP contribution in [0.3, 0.4) is 0 Å². The standard InChI is InChI=1S/C12H23N3O3/c1-4-18-11(16)8-13-12(17)15(3)10-6-5-7-14(2)9-10/h10H,4-9H2,1-3H3,(H,13,17). The van der Waals surface area contributed by atoms with Crippen molar-refractivity contribution in [1.82, 2.24) is 15.1 Å². The van der Waals surface area contributed by atoms with Crippen molar-refractivity contribution in [3.63, 3.8) is 0 Å². The van der Waals surface area contributed by atoms with Crippen molar-refractivity contribution < 1.29 is 14.3 Å². The van der Waals surface area contributed by atoms with E-state index in [0.717, 1.165) is 25.9 Å². The zero-order valence-electron chi connectivity index (χ0n) is 11.4. The smallest absolute Gasteiger partial charge is 0.325 e. The number of rotatable bonds is 4. The molecule has 6 nitrogen and oxygen atoms in total. The SMILES string of the molecule is CCOC(=O)CNC(=O)N(C)C1CCCN(C)C1. The number of urea groups is 1. The van der Waals surface area contributed by atoms with Crippen molar-refractivity contribution in [1.29, 1.82) is 0 Å². The average Bonchev–Trinajstić information content (AvgIpc) is 2.35. The monoisotopic (exact) mass is 257 g/mol. The summed E-state index contributed by atoms with van der Waals surface area (Å²) in [7, 11) is 3.82. The molecule has 1 atom stereocenters. The third-order valence-corrected chi connectivity index (χ3v) is 3.16. The zero-order valence-corrected chi connectivity index (χ0v) is 11.4. The van der Waals surface area contributed by atoms with E-state index >= 15 is 0 Å². The molecule has 0 spiro atoms. The van der Waals surface area contributed by atoms with Gasteiger partial charge in [-0.3, -0.25) is 4.79 Å². The van der Waals surface area contributed by atoms with Crippen LogP contribution >= 0.6 is 0 Å². The number of carbonyl (C=O) groups excluding carboxylic acids is 2. The van der Waals surface area contributed by atoms with Gasteiger partial charge < -0.3 is 19.9 Å². The van der Waals surface area contributed by atoms with Crippen LogP contribution in [0.2, 0.25) is 0 Å². The zero-order chi connectivity index (χ0) is 13.5. The van der Waals surface area contributed by atoms with Crippen LogP contribution in [0.25, 0.3) is 0 Å². The van der Waals surface area contributed by atoms with Gasteiger partial charge in [-0.2, -0.15) is 0 Å². The lowest BCUT2D eigenvalue weighted by molar-refractivity contribution is -0.141. The number of hydrogen-bond acceptors (Lipinski definition) is 4. The van der Waals surface area contributed by atoms with Crippen LogP contribution in [0.4, 0.5) is 4.79 Å². The van der Waals surface area contributed by atoms with Crippen molar-refractivity contribution in [3.05, 3.63) is 0 Å². The minimum atomic E-state index is -0.403. The van der Waals surface area contributed by atoms with Crippen LogP contribution in [0.1, 0.15) is 19.8 Å². The first-order valence-corrected chi connectivity index (χ1v) is 6.39. The number of amides is 2. The van der Waals surface area contributed by atoms with Crippen molar-refractivity contribution in [2.45, 2.75) is 25.8 Å². The Balaban J connectivity index is 2.34. The summed E-state index contributed by atoms with van der Waals surface area (Å²) in [6, 6.07) is -0.00528. The van der Waals surface area contributed by atoms with E-state index < -0.39 is 5.97 Å². The maximum Gasteiger partial charge on any atom is 0.325 e. The van der Waals surface area contributed by atoms with Crippen LogP contribution in [0.15, 0.2) is 0 Å². The molecule has 0 bridgehead atoms. The summed E-state index contributed by atoms with van der Waals surface area (Å²) < 4.78 is 4.75. The van der Waals surface area contributed by atoms with E-state index in [-0.39, 0.29) is 18.6 Å². The number of esters is 1. The number of hydrogen-bond donors (Lipinski definition) is 1. The number of likely N-dealkylation sites (N-methyl/N-ethyl adjacent to an activating group) is 2. The fourth-order valence-electron chi connectivity index (χ4n) is 2.11. The minimum absolute atomic E-state index is 0.0699. The van der Waals surface area contributed by atoms with Crippen LogP contribution in [0.5, 0.6) is 0 Å². The number of nitrogens with one attached hydrogen (secondary N) is 1. The topological polar surface area (TPSA) is 61.9 Å². The Bertz CT molecular complexity index is 296. The Labute approximate surface area is 108 Å². The van der Waals surface area contributed by atoms with Crippen molar-refractivity contribution in [3.8, 4) is 0 Å². The van der Waals surface area contributed by atoms with Crippen molar-refractivity contribution in [2.24, 2.45) is 0 Å². The molecule has 1 N–H and O–H groups in total. The maximum absolute atomic E-state index is 11.8. The van der Waals surface area contributed by atoms with E-state index in [0.29, 0.717) is 6.61 Å². The molecule has 0 aromatic carbocycles. The molecular formula is C12H23N3O3. The van der Waals surface area contributed by atoms with E-state index in [1.54, 1.807) is 18.9 Å². The molecule has 104 valence electrons. The summed E-state index contributed by atoms with van der Waals surface area (Å²) in [6.45, 7) is 3.96. The molecule has 0 aromatic heterocycles. The third-order valence-electron chi connectivity index (χ3n) is 3.16. The summed E-state index contributed by atoms with van der Waals surface area (Å²) in [5, 5.41) is 2.57. The Morgan fingerprint density at radius 1 is 1.50 bits per heavy atom. The number of ether oxygens (including phenoxy) is 1. The second kappa shape index (κ2) is 7.20. The first-order chi connectivity index (χ1) is 8.54.